The number of amides is 1. The van der Waals surface area contributed by atoms with E-state index in [2.05, 4.69) is 22.0 Å². The minimum absolute atomic E-state index is 0.0930. The summed E-state index contributed by atoms with van der Waals surface area (Å²) in [4.78, 5) is 17.0. The summed E-state index contributed by atoms with van der Waals surface area (Å²) in [5.41, 5.74) is 2.40. The SMILES string of the molecule is CC1CC2(CCC(=O)N2c2cccc(F)c2)CCN1Cc1[nH]nc2ccc(Cl)cc12. The Morgan fingerprint density at radius 1 is 1.27 bits per heavy atom. The molecule has 0 aliphatic carbocycles. The number of benzene rings is 2. The summed E-state index contributed by atoms with van der Waals surface area (Å²) >= 11 is 6.18. The van der Waals surface area contributed by atoms with Crippen molar-refractivity contribution < 1.29 is 9.18 Å². The van der Waals surface area contributed by atoms with Crippen molar-refractivity contribution in [2.24, 2.45) is 0 Å². The molecule has 30 heavy (non-hydrogen) atoms. The number of halogens is 2. The van der Waals surface area contributed by atoms with Crippen molar-refractivity contribution in [1.29, 1.82) is 0 Å². The van der Waals surface area contributed by atoms with E-state index in [1.165, 1.54) is 12.1 Å². The van der Waals surface area contributed by atoms with Crippen LogP contribution in [-0.4, -0.2) is 39.1 Å². The Morgan fingerprint density at radius 2 is 2.13 bits per heavy atom. The summed E-state index contributed by atoms with van der Waals surface area (Å²) in [6.45, 7) is 3.82. The number of fused-ring (bicyclic) bond motifs is 1. The second kappa shape index (κ2) is 7.36. The summed E-state index contributed by atoms with van der Waals surface area (Å²) in [5.74, 6) is -0.215. The molecule has 2 aromatic carbocycles. The second-order valence-corrected chi connectivity index (χ2v) is 9.01. The molecule has 2 unspecified atom stereocenters. The molecule has 3 aromatic rings. The molecule has 156 valence electrons. The Balaban J connectivity index is 1.38. The van der Waals surface area contributed by atoms with Crippen LogP contribution in [0.15, 0.2) is 42.5 Å². The van der Waals surface area contributed by atoms with Crippen LogP contribution in [0.1, 0.15) is 38.3 Å². The van der Waals surface area contributed by atoms with Gasteiger partial charge in [0.15, 0.2) is 0 Å². The van der Waals surface area contributed by atoms with E-state index in [4.69, 9.17) is 11.6 Å². The van der Waals surface area contributed by atoms with Crippen molar-refractivity contribution in [3.8, 4) is 0 Å². The predicted octanol–water partition coefficient (Wildman–Crippen LogP) is 4.91. The first-order chi connectivity index (χ1) is 14.4. The lowest BCUT2D eigenvalue weighted by atomic mass is 9.81. The number of likely N-dealkylation sites (tertiary alicyclic amines) is 1. The first-order valence-electron chi connectivity index (χ1n) is 10.4. The number of hydrogen-bond donors (Lipinski definition) is 1. The summed E-state index contributed by atoms with van der Waals surface area (Å²) < 4.78 is 13.8. The quantitative estimate of drug-likeness (QED) is 0.647. The fraction of sp³-hybridized carbons (Fsp3) is 0.391. The van der Waals surface area contributed by atoms with E-state index in [1.54, 1.807) is 6.07 Å². The van der Waals surface area contributed by atoms with Crippen LogP contribution >= 0.6 is 11.6 Å². The number of anilines is 1. The molecule has 0 bridgehead atoms. The number of H-pyrrole nitrogens is 1. The van der Waals surface area contributed by atoms with Gasteiger partial charge in [0.05, 0.1) is 16.7 Å². The lowest BCUT2D eigenvalue weighted by Crippen LogP contribution is -2.56. The maximum absolute atomic E-state index is 13.8. The molecular weight excluding hydrogens is 403 g/mol. The lowest BCUT2D eigenvalue weighted by molar-refractivity contribution is -0.117. The van der Waals surface area contributed by atoms with E-state index in [1.807, 2.05) is 29.2 Å². The molecule has 7 heteroatoms. The zero-order valence-corrected chi connectivity index (χ0v) is 17.6. The van der Waals surface area contributed by atoms with Gasteiger partial charge in [0, 0.05) is 41.6 Å². The number of hydrogen-bond acceptors (Lipinski definition) is 3. The number of carbonyl (C=O) groups excluding carboxylic acids is 1. The van der Waals surface area contributed by atoms with Gasteiger partial charge in [-0.2, -0.15) is 5.10 Å². The van der Waals surface area contributed by atoms with Gasteiger partial charge in [0.2, 0.25) is 5.91 Å². The van der Waals surface area contributed by atoms with E-state index >= 15 is 0 Å². The van der Waals surface area contributed by atoms with Crippen molar-refractivity contribution >= 4 is 34.1 Å². The molecule has 0 saturated carbocycles. The first kappa shape index (κ1) is 19.5. The standard InChI is InChI=1S/C23H24ClFN4O/c1-15-13-23(8-7-22(30)29(23)18-4-2-3-17(25)12-18)9-10-28(15)14-21-19-11-16(24)5-6-20(19)26-27-21/h2-6,11-12,15H,7-10,13-14H2,1H3,(H,26,27). The minimum atomic E-state index is -0.308. The van der Waals surface area contributed by atoms with Crippen molar-refractivity contribution in [2.45, 2.75) is 50.7 Å². The highest BCUT2D eigenvalue weighted by atomic mass is 35.5. The van der Waals surface area contributed by atoms with E-state index in [-0.39, 0.29) is 23.3 Å². The second-order valence-electron chi connectivity index (χ2n) is 8.57. The maximum Gasteiger partial charge on any atom is 0.227 e. The molecule has 2 aliphatic heterocycles. The third-order valence-electron chi connectivity index (χ3n) is 6.71. The number of rotatable bonds is 3. The Kier molecular flexibility index (Phi) is 4.79. The molecule has 3 heterocycles. The minimum Gasteiger partial charge on any atom is -0.306 e. The van der Waals surface area contributed by atoms with Crippen LogP contribution in [0.2, 0.25) is 5.02 Å². The Bertz CT molecular complexity index is 1120. The smallest absolute Gasteiger partial charge is 0.227 e. The Labute approximate surface area is 179 Å². The molecule has 2 aliphatic rings. The van der Waals surface area contributed by atoms with Crippen LogP contribution in [0.5, 0.6) is 0 Å². The summed E-state index contributed by atoms with van der Waals surface area (Å²) in [5, 5.41) is 9.30. The van der Waals surface area contributed by atoms with Gasteiger partial charge in [-0.1, -0.05) is 17.7 Å². The van der Waals surface area contributed by atoms with Gasteiger partial charge in [0.25, 0.3) is 0 Å². The summed E-state index contributed by atoms with van der Waals surface area (Å²) in [6.07, 6.45) is 3.07. The average molecular weight is 427 g/mol. The van der Waals surface area contributed by atoms with Gasteiger partial charge < -0.3 is 4.90 Å². The van der Waals surface area contributed by atoms with Gasteiger partial charge in [-0.25, -0.2) is 4.39 Å². The van der Waals surface area contributed by atoms with Crippen LogP contribution in [0.3, 0.4) is 0 Å². The molecule has 1 amide bonds. The number of aromatic nitrogens is 2. The van der Waals surface area contributed by atoms with E-state index in [0.717, 1.165) is 48.9 Å². The number of aromatic amines is 1. The fourth-order valence-corrected chi connectivity index (χ4v) is 5.41. The molecule has 1 N–H and O–H groups in total. The highest BCUT2D eigenvalue weighted by Crippen LogP contribution is 2.44. The van der Waals surface area contributed by atoms with Crippen molar-refractivity contribution in [3.63, 3.8) is 0 Å². The largest absolute Gasteiger partial charge is 0.306 e. The Morgan fingerprint density at radius 3 is 2.93 bits per heavy atom. The maximum atomic E-state index is 13.8. The molecule has 0 radical (unpaired) electrons. The number of carbonyl (C=O) groups is 1. The molecular formula is C23H24ClFN4O. The van der Waals surface area contributed by atoms with Crippen LogP contribution in [0, 0.1) is 5.82 Å². The van der Waals surface area contributed by atoms with Crippen molar-refractivity contribution in [1.82, 2.24) is 15.1 Å². The van der Waals surface area contributed by atoms with E-state index in [0.29, 0.717) is 17.1 Å². The Hall–Kier alpha value is -2.44. The van der Waals surface area contributed by atoms with E-state index in [9.17, 15) is 9.18 Å². The van der Waals surface area contributed by atoms with Crippen LogP contribution < -0.4 is 4.90 Å². The number of nitrogens with zero attached hydrogens (tertiary/aromatic N) is 3. The topological polar surface area (TPSA) is 52.2 Å². The van der Waals surface area contributed by atoms with Crippen molar-refractivity contribution in [3.05, 3.63) is 59.0 Å². The van der Waals surface area contributed by atoms with Gasteiger partial charge in [0.1, 0.15) is 5.82 Å². The summed E-state index contributed by atoms with van der Waals surface area (Å²) in [7, 11) is 0. The first-order valence-corrected chi connectivity index (χ1v) is 10.8. The van der Waals surface area contributed by atoms with Crippen LogP contribution in [0.25, 0.3) is 10.9 Å². The monoisotopic (exact) mass is 426 g/mol. The van der Waals surface area contributed by atoms with Gasteiger partial charge in [-0.05, 0) is 62.6 Å². The molecule has 1 aromatic heterocycles. The van der Waals surface area contributed by atoms with Gasteiger partial charge in [-0.3, -0.25) is 14.8 Å². The molecule has 1 spiro atoms. The van der Waals surface area contributed by atoms with Gasteiger partial charge in [-0.15, -0.1) is 0 Å². The average Bonchev–Trinajstić information content (AvgIpc) is 3.25. The zero-order valence-electron chi connectivity index (χ0n) is 16.9. The van der Waals surface area contributed by atoms with Crippen LogP contribution in [0.4, 0.5) is 10.1 Å². The third kappa shape index (κ3) is 3.28. The van der Waals surface area contributed by atoms with Gasteiger partial charge >= 0.3 is 0 Å². The predicted molar refractivity (Wildman–Crippen MR) is 116 cm³/mol. The van der Waals surface area contributed by atoms with E-state index < -0.39 is 0 Å². The zero-order chi connectivity index (χ0) is 20.9. The number of piperidine rings is 1. The molecule has 2 fully saturated rings. The lowest BCUT2D eigenvalue weighted by Gasteiger charge is -2.48. The highest BCUT2D eigenvalue weighted by molar-refractivity contribution is 6.31. The normalized spacial score (nSPS) is 25.0. The molecule has 2 atom stereocenters. The van der Waals surface area contributed by atoms with Crippen LogP contribution in [-0.2, 0) is 11.3 Å². The fourth-order valence-electron chi connectivity index (χ4n) is 5.24. The summed E-state index contributed by atoms with van der Waals surface area (Å²) in [6, 6.07) is 12.4. The third-order valence-corrected chi connectivity index (χ3v) is 6.95. The number of nitrogens with one attached hydrogen (secondary N) is 1. The molecule has 2 saturated heterocycles. The highest BCUT2D eigenvalue weighted by Gasteiger charge is 2.49. The molecule has 5 nitrogen and oxygen atoms in total. The molecule has 5 rings (SSSR count). The van der Waals surface area contributed by atoms with Crippen molar-refractivity contribution in [2.75, 3.05) is 11.4 Å².